The van der Waals surface area contributed by atoms with Gasteiger partial charge in [0.1, 0.15) is 0 Å². The van der Waals surface area contributed by atoms with Crippen molar-refractivity contribution in [3.8, 4) is 11.4 Å². The summed E-state index contributed by atoms with van der Waals surface area (Å²) in [5.41, 5.74) is 11.8. The molecule has 0 aliphatic heterocycles. The van der Waals surface area contributed by atoms with Gasteiger partial charge in [0.2, 0.25) is 0 Å². The standard InChI is InChI=1S/C40H38N2/c1-5-14-28-23-32(16-7-3)42(27(28)4)40-35-21-11-10-20-34(35)39(36-24-29-17-8-9-18-30(29)25-37(36)40)41-26-31(15-6-2)33-19-12-13-22-38(33)41/h5-7,10-16,19-26H,8-9,17-18H2,1-4H3/b14-5-,15-6-,16-7-. The smallest absolute Gasteiger partial charge is 0.0616 e. The molecule has 0 bridgehead atoms. The maximum absolute atomic E-state index is 2.53. The molecule has 0 atom stereocenters. The Balaban J connectivity index is 1.70. The number of fused-ring (bicyclic) bond motifs is 4. The molecule has 0 spiro atoms. The fourth-order valence-corrected chi connectivity index (χ4v) is 7.16. The molecule has 0 unspecified atom stereocenters. The summed E-state index contributed by atoms with van der Waals surface area (Å²) in [6, 6.07) is 25.2. The molecule has 0 N–H and O–H groups in total. The minimum atomic E-state index is 1.15. The first kappa shape index (κ1) is 26.3. The molecule has 2 aromatic heterocycles. The minimum Gasteiger partial charge on any atom is -0.315 e. The highest BCUT2D eigenvalue weighted by Crippen LogP contribution is 2.43. The highest BCUT2D eigenvalue weighted by molar-refractivity contribution is 6.15. The summed E-state index contributed by atoms with van der Waals surface area (Å²) in [6.45, 7) is 8.57. The molecule has 6 aromatic rings. The lowest BCUT2D eigenvalue weighted by Gasteiger charge is -2.24. The largest absolute Gasteiger partial charge is 0.315 e. The summed E-state index contributed by atoms with van der Waals surface area (Å²) in [5, 5.41) is 6.48. The second kappa shape index (κ2) is 10.7. The van der Waals surface area contributed by atoms with Gasteiger partial charge in [-0.3, -0.25) is 0 Å². The number of benzene rings is 4. The Morgan fingerprint density at radius 1 is 0.595 bits per heavy atom. The Hall–Kier alpha value is -4.56. The fraction of sp³-hybridized carbons (Fsp3) is 0.200. The zero-order valence-electron chi connectivity index (χ0n) is 25.1. The Morgan fingerprint density at radius 3 is 1.83 bits per heavy atom. The summed E-state index contributed by atoms with van der Waals surface area (Å²) < 4.78 is 4.95. The van der Waals surface area contributed by atoms with E-state index in [1.165, 1.54) is 90.3 Å². The van der Waals surface area contributed by atoms with Gasteiger partial charge in [-0.05, 0) is 100 Å². The van der Waals surface area contributed by atoms with Gasteiger partial charge in [0.15, 0.2) is 0 Å². The maximum atomic E-state index is 2.53. The normalized spacial score (nSPS) is 14.0. The van der Waals surface area contributed by atoms with E-state index in [1.807, 2.05) is 0 Å². The highest BCUT2D eigenvalue weighted by atomic mass is 15.0. The van der Waals surface area contributed by atoms with Crippen LogP contribution in [0.1, 0.15) is 67.3 Å². The zero-order valence-corrected chi connectivity index (χ0v) is 25.1. The molecule has 42 heavy (non-hydrogen) atoms. The summed E-state index contributed by atoms with van der Waals surface area (Å²) in [7, 11) is 0. The van der Waals surface area contributed by atoms with E-state index in [0.717, 1.165) is 12.8 Å². The Labute approximate surface area is 248 Å². The van der Waals surface area contributed by atoms with Gasteiger partial charge < -0.3 is 9.13 Å². The van der Waals surface area contributed by atoms with Crippen molar-refractivity contribution in [2.75, 3.05) is 0 Å². The van der Waals surface area contributed by atoms with Crippen molar-refractivity contribution in [3.63, 3.8) is 0 Å². The van der Waals surface area contributed by atoms with Gasteiger partial charge in [-0.1, -0.05) is 72.8 Å². The average Bonchev–Trinajstić information content (AvgIpc) is 3.52. The van der Waals surface area contributed by atoms with Gasteiger partial charge in [-0.25, -0.2) is 0 Å². The predicted molar refractivity (Wildman–Crippen MR) is 183 cm³/mol. The third-order valence-electron chi connectivity index (χ3n) is 8.98. The topological polar surface area (TPSA) is 9.86 Å². The van der Waals surface area contributed by atoms with Crippen molar-refractivity contribution >= 4 is 50.7 Å². The molecule has 0 amide bonds. The number of aryl methyl sites for hydroxylation is 2. The van der Waals surface area contributed by atoms with Crippen molar-refractivity contribution in [2.45, 2.75) is 53.4 Å². The molecule has 1 aliphatic rings. The van der Waals surface area contributed by atoms with Crippen molar-refractivity contribution in [1.29, 1.82) is 0 Å². The van der Waals surface area contributed by atoms with Gasteiger partial charge in [0.05, 0.1) is 16.9 Å². The van der Waals surface area contributed by atoms with E-state index in [4.69, 9.17) is 0 Å². The van der Waals surface area contributed by atoms with Crippen molar-refractivity contribution in [2.24, 2.45) is 0 Å². The molecule has 1 aliphatic carbocycles. The minimum absolute atomic E-state index is 1.15. The van der Waals surface area contributed by atoms with E-state index >= 15 is 0 Å². The van der Waals surface area contributed by atoms with Crippen LogP contribution >= 0.6 is 0 Å². The van der Waals surface area contributed by atoms with Crippen LogP contribution in [-0.4, -0.2) is 9.13 Å². The van der Waals surface area contributed by atoms with E-state index in [-0.39, 0.29) is 0 Å². The highest BCUT2D eigenvalue weighted by Gasteiger charge is 2.23. The first-order valence-corrected chi connectivity index (χ1v) is 15.4. The van der Waals surface area contributed by atoms with Gasteiger partial charge in [-0.15, -0.1) is 0 Å². The summed E-state index contributed by atoms with van der Waals surface area (Å²) in [6.07, 6.45) is 20.3. The lowest BCUT2D eigenvalue weighted by Crippen LogP contribution is -2.08. The van der Waals surface area contributed by atoms with Gasteiger partial charge in [0.25, 0.3) is 0 Å². The molecule has 7 rings (SSSR count). The molecule has 4 aromatic carbocycles. The first-order chi connectivity index (χ1) is 20.6. The average molecular weight is 547 g/mol. The van der Waals surface area contributed by atoms with Crippen LogP contribution in [-0.2, 0) is 12.8 Å². The second-order valence-corrected chi connectivity index (χ2v) is 11.5. The molecule has 2 nitrogen and oxygen atoms in total. The van der Waals surface area contributed by atoms with Crippen molar-refractivity contribution < 1.29 is 0 Å². The molecule has 0 saturated carbocycles. The van der Waals surface area contributed by atoms with Crippen LogP contribution in [0, 0.1) is 6.92 Å². The van der Waals surface area contributed by atoms with E-state index in [9.17, 15) is 0 Å². The molecule has 0 fully saturated rings. The van der Waals surface area contributed by atoms with Crippen LogP contribution in [0.4, 0.5) is 0 Å². The van der Waals surface area contributed by atoms with E-state index < -0.39 is 0 Å². The number of hydrogen-bond acceptors (Lipinski definition) is 0. The number of para-hydroxylation sites is 1. The summed E-state index contributed by atoms with van der Waals surface area (Å²) in [5.74, 6) is 0. The molecule has 2 heterocycles. The molecule has 2 heteroatoms. The molecule has 0 saturated heterocycles. The van der Waals surface area contributed by atoms with Crippen LogP contribution in [0.2, 0.25) is 0 Å². The third-order valence-corrected chi connectivity index (χ3v) is 8.98. The third kappa shape index (κ3) is 4.09. The fourth-order valence-electron chi connectivity index (χ4n) is 7.16. The van der Waals surface area contributed by atoms with E-state index in [1.54, 1.807) is 0 Å². The number of aromatic nitrogens is 2. The van der Waals surface area contributed by atoms with Gasteiger partial charge in [-0.2, -0.15) is 0 Å². The summed E-state index contributed by atoms with van der Waals surface area (Å²) >= 11 is 0. The Kier molecular flexibility index (Phi) is 6.70. The van der Waals surface area contributed by atoms with Crippen LogP contribution in [0.15, 0.2) is 91.2 Å². The zero-order chi connectivity index (χ0) is 28.8. The van der Waals surface area contributed by atoms with Crippen LogP contribution in [0.25, 0.3) is 62.1 Å². The monoisotopic (exact) mass is 546 g/mol. The van der Waals surface area contributed by atoms with Crippen LogP contribution in [0.3, 0.4) is 0 Å². The molecule has 0 radical (unpaired) electrons. The predicted octanol–water partition coefficient (Wildman–Crippen LogP) is 11.0. The molecular weight excluding hydrogens is 508 g/mol. The van der Waals surface area contributed by atoms with E-state index in [2.05, 4.69) is 146 Å². The SMILES string of the molecule is C/C=C\c1cc(/C=C\C)n(-c2c3ccccc3c(-n3cc(/C=C\C)c4ccccc43)c3cc4c(cc23)CCCC4)c1C. The Morgan fingerprint density at radius 2 is 1.17 bits per heavy atom. The number of nitrogens with zero attached hydrogens (tertiary/aromatic N) is 2. The number of allylic oxidation sites excluding steroid dienone is 3. The lowest BCUT2D eigenvalue weighted by atomic mass is 9.87. The van der Waals surface area contributed by atoms with Crippen molar-refractivity contribution in [1.82, 2.24) is 9.13 Å². The molecular formula is C40H38N2. The number of hydrogen-bond donors (Lipinski definition) is 0. The van der Waals surface area contributed by atoms with Crippen LogP contribution < -0.4 is 0 Å². The number of rotatable bonds is 5. The summed E-state index contributed by atoms with van der Waals surface area (Å²) in [4.78, 5) is 0. The first-order valence-electron chi connectivity index (χ1n) is 15.4. The van der Waals surface area contributed by atoms with E-state index in [0.29, 0.717) is 0 Å². The quantitative estimate of drug-likeness (QED) is 0.190. The van der Waals surface area contributed by atoms with Crippen LogP contribution in [0.5, 0.6) is 0 Å². The van der Waals surface area contributed by atoms with Crippen molar-refractivity contribution in [3.05, 3.63) is 125 Å². The maximum Gasteiger partial charge on any atom is 0.0616 e. The lowest BCUT2D eigenvalue weighted by molar-refractivity contribution is 0.687. The van der Waals surface area contributed by atoms with Gasteiger partial charge >= 0.3 is 0 Å². The van der Waals surface area contributed by atoms with Gasteiger partial charge in [0, 0.05) is 50.1 Å². The molecule has 208 valence electrons. The Bertz CT molecular complexity index is 2070. The second-order valence-electron chi connectivity index (χ2n) is 11.5.